The van der Waals surface area contributed by atoms with E-state index in [0.717, 1.165) is 24.6 Å². The standard InChI is InChI=1S/C12H20N4/c1-5-6-16(10(2)3)12-9-14-8-11(15-12)7-13-4/h5,8-10,13H,1,6-7H2,2-4H3. The smallest absolute Gasteiger partial charge is 0.147 e. The highest BCUT2D eigenvalue weighted by Gasteiger charge is 2.10. The van der Waals surface area contributed by atoms with Gasteiger partial charge in [-0.15, -0.1) is 6.58 Å². The van der Waals surface area contributed by atoms with Gasteiger partial charge in [0.25, 0.3) is 0 Å². The second-order valence-corrected chi connectivity index (χ2v) is 3.93. The number of anilines is 1. The van der Waals surface area contributed by atoms with Gasteiger partial charge < -0.3 is 10.2 Å². The second-order valence-electron chi connectivity index (χ2n) is 3.93. The average molecular weight is 220 g/mol. The van der Waals surface area contributed by atoms with Crippen LogP contribution >= 0.6 is 0 Å². The van der Waals surface area contributed by atoms with E-state index in [0.29, 0.717) is 6.04 Å². The number of aromatic nitrogens is 2. The van der Waals surface area contributed by atoms with E-state index in [-0.39, 0.29) is 0 Å². The van der Waals surface area contributed by atoms with E-state index in [4.69, 9.17) is 0 Å². The number of rotatable bonds is 6. The Labute approximate surface area is 97.4 Å². The van der Waals surface area contributed by atoms with Crippen LogP contribution in [0.3, 0.4) is 0 Å². The monoisotopic (exact) mass is 220 g/mol. The maximum Gasteiger partial charge on any atom is 0.147 e. The molecule has 4 heteroatoms. The van der Waals surface area contributed by atoms with E-state index in [1.54, 1.807) is 12.4 Å². The van der Waals surface area contributed by atoms with Gasteiger partial charge in [0.2, 0.25) is 0 Å². The van der Waals surface area contributed by atoms with Crippen LogP contribution in [-0.2, 0) is 6.54 Å². The summed E-state index contributed by atoms with van der Waals surface area (Å²) in [6, 6.07) is 0.386. The van der Waals surface area contributed by atoms with Crippen LogP contribution < -0.4 is 10.2 Å². The summed E-state index contributed by atoms with van der Waals surface area (Å²) in [4.78, 5) is 10.9. The molecule has 0 aromatic carbocycles. The summed E-state index contributed by atoms with van der Waals surface area (Å²) in [6.07, 6.45) is 5.46. The summed E-state index contributed by atoms with van der Waals surface area (Å²) in [5.41, 5.74) is 0.953. The lowest BCUT2D eigenvalue weighted by Gasteiger charge is -2.26. The molecule has 0 saturated heterocycles. The van der Waals surface area contributed by atoms with Gasteiger partial charge in [0, 0.05) is 25.3 Å². The minimum atomic E-state index is 0.386. The maximum absolute atomic E-state index is 4.56. The Morgan fingerprint density at radius 2 is 2.25 bits per heavy atom. The molecule has 16 heavy (non-hydrogen) atoms. The minimum Gasteiger partial charge on any atom is -0.349 e. The zero-order valence-electron chi connectivity index (χ0n) is 10.3. The molecule has 0 radical (unpaired) electrons. The lowest BCUT2D eigenvalue weighted by molar-refractivity contribution is 0.700. The highest BCUT2D eigenvalue weighted by molar-refractivity contribution is 5.38. The van der Waals surface area contributed by atoms with Crippen molar-refractivity contribution in [3.63, 3.8) is 0 Å². The molecule has 1 rings (SSSR count). The van der Waals surface area contributed by atoms with Gasteiger partial charge in [-0.05, 0) is 20.9 Å². The van der Waals surface area contributed by atoms with Crippen molar-refractivity contribution in [2.45, 2.75) is 26.4 Å². The van der Waals surface area contributed by atoms with E-state index in [1.165, 1.54) is 0 Å². The molecule has 0 atom stereocenters. The van der Waals surface area contributed by atoms with Gasteiger partial charge in [0.1, 0.15) is 5.82 Å². The lowest BCUT2D eigenvalue weighted by atomic mass is 10.3. The first-order valence-corrected chi connectivity index (χ1v) is 5.52. The summed E-state index contributed by atoms with van der Waals surface area (Å²) in [5.74, 6) is 0.905. The minimum absolute atomic E-state index is 0.386. The van der Waals surface area contributed by atoms with E-state index in [1.807, 2.05) is 13.1 Å². The molecule has 0 amide bonds. The van der Waals surface area contributed by atoms with Crippen molar-refractivity contribution in [3.8, 4) is 0 Å². The van der Waals surface area contributed by atoms with Crippen molar-refractivity contribution < 1.29 is 0 Å². The number of hydrogen-bond donors (Lipinski definition) is 1. The van der Waals surface area contributed by atoms with Gasteiger partial charge >= 0.3 is 0 Å². The highest BCUT2D eigenvalue weighted by Crippen LogP contribution is 2.13. The lowest BCUT2D eigenvalue weighted by Crippen LogP contribution is -2.32. The fourth-order valence-corrected chi connectivity index (χ4v) is 1.51. The van der Waals surface area contributed by atoms with Gasteiger partial charge in [-0.1, -0.05) is 6.08 Å². The van der Waals surface area contributed by atoms with E-state index < -0.39 is 0 Å². The third-order valence-electron chi connectivity index (χ3n) is 2.27. The van der Waals surface area contributed by atoms with Crippen molar-refractivity contribution in [2.75, 3.05) is 18.5 Å². The highest BCUT2D eigenvalue weighted by atomic mass is 15.2. The van der Waals surface area contributed by atoms with Gasteiger partial charge in [0.05, 0.1) is 11.9 Å². The van der Waals surface area contributed by atoms with E-state index in [2.05, 4.69) is 40.6 Å². The van der Waals surface area contributed by atoms with Crippen molar-refractivity contribution in [3.05, 3.63) is 30.7 Å². The summed E-state index contributed by atoms with van der Waals surface area (Å²) in [7, 11) is 1.90. The Bertz CT molecular complexity index is 336. The Hall–Kier alpha value is -1.42. The van der Waals surface area contributed by atoms with Crippen LogP contribution in [0, 0.1) is 0 Å². The number of nitrogens with one attached hydrogen (secondary N) is 1. The first kappa shape index (κ1) is 12.6. The van der Waals surface area contributed by atoms with Gasteiger partial charge in [-0.3, -0.25) is 4.98 Å². The Morgan fingerprint density at radius 1 is 1.50 bits per heavy atom. The van der Waals surface area contributed by atoms with Gasteiger partial charge in [0.15, 0.2) is 0 Å². The zero-order chi connectivity index (χ0) is 12.0. The first-order chi connectivity index (χ1) is 7.69. The Balaban J connectivity index is 2.90. The van der Waals surface area contributed by atoms with Crippen LogP contribution in [0.25, 0.3) is 0 Å². The third kappa shape index (κ3) is 3.31. The molecule has 0 fully saturated rings. The van der Waals surface area contributed by atoms with Crippen molar-refractivity contribution in [1.29, 1.82) is 0 Å². The molecule has 0 bridgehead atoms. The van der Waals surface area contributed by atoms with Crippen molar-refractivity contribution in [2.24, 2.45) is 0 Å². The van der Waals surface area contributed by atoms with Crippen LogP contribution in [0.1, 0.15) is 19.5 Å². The summed E-state index contributed by atoms with van der Waals surface area (Å²) in [5, 5.41) is 3.07. The quantitative estimate of drug-likeness (QED) is 0.739. The molecule has 0 aliphatic rings. The molecule has 0 spiro atoms. The molecule has 1 aromatic rings. The normalized spacial score (nSPS) is 10.5. The molecular formula is C12H20N4. The average Bonchev–Trinajstić information content (AvgIpc) is 2.26. The number of nitrogens with zero attached hydrogens (tertiary/aromatic N) is 3. The van der Waals surface area contributed by atoms with Gasteiger partial charge in [-0.2, -0.15) is 0 Å². The second kappa shape index (κ2) is 6.23. The molecule has 0 unspecified atom stereocenters. The van der Waals surface area contributed by atoms with Crippen LogP contribution in [0.15, 0.2) is 25.0 Å². The predicted molar refractivity (Wildman–Crippen MR) is 67.5 cm³/mol. The Kier molecular flexibility index (Phi) is 4.92. The fourth-order valence-electron chi connectivity index (χ4n) is 1.51. The van der Waals surface area contributed by atoms with Crippen LogP contribution in [-0.4, -0.2) is 29.6 Å². The molecule has 4 nitrogen and oxygen atoms in total. The number of hydrogen-bond acceptors (Lipinski definition) is 4. The molecule has 1 aromatic heterocycles. The molecular weight excluding hydrogens is 200 g/mol. The third-order valence-corrected chi connectivity index (χ3v) is 2.27. The summed E-state index contributed by atoms with van der Waals surface area (Å²) < 4.78 is 0. The molecule has 0 aliphatic carbocycles. The largest absolute Gasteiger partial charge is 0.349 e. The zero-order valence-corrected chi connectivity index (χ0v) is 10.3. The molecule has 1 heterocycles. The van der Waals surface area contributed by atoms with Crippen LogP contribution in [0.5, 0.6) is 0 Å². The van der Waals surface area contributed by atoms with Gasteiger partial charge in [-0.25, -0.2) is 4.98 Å². The SMILES string of the molecule is C=CCN(c1cncc(CNC)n1)C(C)C. The predicted octanol–water partition coefficient (Wildman–Crippen LogP) is 1.60. The van der Waals surface area contributed by atoms with Crippen LogP contribution in [0.4, 0.5) is 5.82 Å². The molecule has 1 N–H and O–H groups in total. The van der Waals surface area contributed by atoms with E-state index >= 15 is 0 Å². The Morgan fingerprint density at radius 3 is 2.81 bits per heavy atom. The molecule has 88 valence electrons. The molecule has 0 saturated carbocycles. The van der Waals surface area contributed by atoms with Crippen molar-refractivity contribution in [1.82, 2.24) is 15.3 Å². The summed E-state index contributed by atoms with van der Waals surface area (Å²) in [6.45, 7) is 9.56. The van der Waals surface area contributed by atoms with E-state index in [9.17, 15) is 0 Å². The maximum atomic E-state index is 4.56. The topological polar surface area (TPSA) is 41.1 Å². The first-order valence-electron chi connectivity index (χ1n) is 5.52. The molecule has 0 aliphatic heterocycles. The summed E-state index contributed by atoms with van der Waals surface area (Å²) >= 11 is 0. The van der Waals surface area contributed by atoms with Crippen LogP contribution in [0.2, 0.25) is 0 Å². The fraction of sp³-hybridized carbons (Fsp3) is 0.500. The van der Waals surface area contributed by atoms with Crippen molar-refractivity contribution >= 4 is 5.82 Å².